The van der Waals surface area contributed by atoms with Crippen LogP contribution in [0.4, 0.5) is 16.2 Å². The van der Waals surface area contributed by atoms with Gasteiger partial charge in [0.2, 0.25) is 20.0 Å². The highest BCUT2D eigenvalue weighted by molar-refractivity contribution is 7.90. The van der Waals surface area contributed by atoms with Crippen molar-refractivity contribution in [3.8, 4) is 0 Å². The first-order valence-corrected chi connectivity index (χ1v) is 17.6. The van der Waals surface area contributed by atoms with Crippen LogP contribution in [0.1, 0.15) is 74.1 Å². The Labute approximate surface area is 245 Å². The number of sulfonamides is 2. The topological polar surface area (TPSA) is 137 Å². The molecular formula is C28H47N5O6S2. The number of hydrogen-bond acceptors (Lipinski definition) is 7. The standard InChI is InChI=1S/C28H47N5O6S2/c1-18(2)40(35,36)30-22-12-25-14-23(31-41(37,38)28(5,6)7)15-26(13-22)33(25)27(34)29-21-8-10-24(11-9-21)32-16-19(3)39-20(4)17-32/h8-11,18-20,22-23,25-26,30-31H,12-17H2,1-7H3,(H,29,34)/t19-,20+,22?,23?,25?,26?. The number of hydrogen-bond donors (Lipinski definition) is 3. The maximum atomic E-state index is 13.6. The van der Waals surface area contributed by atoms with E-state index in [1.54, 1.807) is 39.5 Å². The average molecular weight is 614 g/mol. The minimum absolute atomic E-state index is 0.141. The van der Waals surface area contributed by atoms with Gasteiger partial charge in [-0.25, -0.2) is 31.1 Å². The van der Waals surface area contributed by atoms with Crippen molar-refractivity contribution in [3.05, 3.63) is 24.3 Å². The summed E-state index contributed by atoms with van der Waals surface area (Å²) in [6.45, 7) is 13.9. The van der Waals surface area contributed by atoms with Crippen molar-refractivity contribution in [2.45, 2.75) is 121 Å². The lowest BCUT2D eigenvalue weighted by atomic mass is 9.80. The van der Waals surface area contributed by atoms with Crippen LogP contribution in [0.15, 0.2) is 24.3 Å². The molecule has 0 aromatic heterocycles. The zero-order valence-electron chi connectivity index (χ0n) is 25.3. The Morgan fingerprint density at radius 2 is 1.37 bits per heavy atom. The number of nitrogens with zero attached hydrogens (tertiary/aromatic N) is 2. The van der Waals surface area contributed by atoms with Gasteiger partial charge in [0.1, 0.15) is 0 Å². The van der Waals surface area contributed by atoms with Gasteiger partial charge in [0, 0.05) is 48.6 Å². The lowest BCUT2D eigenvalue weighted by Gasteiger charge is -2.51. The number of fused-ring (bicyclic) bond motifs is 2. The Balaban J connectivity index is 1.48. The van der Waals surface area contributed by atoms with E-state index in [1.807, 2.05) is 24.3 Å². The number of ether oxygens (including phenoxy) is 1. The van der Waals surface area contributed by atoms with Crippen molar-refractivity contribution < 1.29 is 26.4 Å². The molecule has 3 fully saturated rings. The summed E-state index contributed by atoms with van der Waals surface area (Å²) >= 11 is 0. The third-order valence-corrected chi connectivity index (χ3v) is 12.4. The summed E-state index contributed by atoms with van der Waals surface area (Å²) in [4.78, 5) is 17.7. The first-order chi connectivity index (χ1) is 18.9. The van der Waals surface area contributed by atoms with E-state index in [1.165, 1.54) is 0 Å². The summed E-state index contributed by atoms with van der Waals surface area (Å²) in [6, 6.07) is 6.18. The Hall–Kier alpha value is -1.93. The molecule has 1 aromatic carbocycles. The molecule has 2 unspecified atom stereocenters. The SMILES string of the molecule is CC(C)S(=O)(=O)NC1CC2CC(NS(=O)(=O)C(C)(C)C)CC(C1)N2C(=O)Nc1ccc(N2C[C@@H](C)O[C@@H](C)C2)cc1. The fourth-order valence-corrected chi connectivity index (χ4v) is 7.99. The van der Waals surface area contributed by atoms with Crippen molar-refractivity contribution in [2.75, 3.05) is 23.3 Å². The van der Waals surface area contributed by atoms with Crippen molar-refractivity contribution in [1.82, 2.24) is 14.3 Å². The Morgan fingerprint density at radius 3 is 1.83 bits per heavy atom. The number of piperidine rings is 2. The number of morpholine rings is 1. The molecule has 11 nitrogen and oxygen atoms in total. The van der Waals surface area contributed by atoms with Gasteiger partial charge in [0.25, 0.3) is 0 Å². The summed E-state index contributed by atoms with van der Waals surface area (Å²) < 4.78 is 61.6. The van der Waals surface area contributed by atoms with Gasteiger partial charge < -0.3 is 19.9 Å². The minimum Gasteiger partial charge on any atom is -0.372 e. The minimum atomic E-state index is -3.58. The van der Waals surface area contributed by atoms with Gasteiger partial charge in [-0.3, -0.25) is 0 Å². The summed E-state index contributed by atoms with van der Waals surface area (Å²) in [6.07, 6.45) is 1.92. The molecule has 4 rings (SSSR count). The van der Waals surface area contributed by atoms with E-state index in [0.717, 1.165) is 18.8 Å². The summed E-state index contributed by atoms with van der Waals surface area (Å²) in [5.41, 5.74) is 1.73. The first-order valence-electron chi connectivity index (χ1n) is 14.6. The van der Waals surface area contributed by atoms with Crippen molar-refractivity contribution in [2.24, 2.45) is 0 Å². The van der Waals surface area contributed by atoms with Crippen LogP contribution in [0.5, 0.6) is 0 Å². The van der Waals surface area contributed by atoms with Crippen LogP contribution >= 0.6 is 0 Å². The highest BCUT2D eigenvalue weighted by atomic mass is 32.2. The number of nitrogens with one attached hydrogen (secondary N) is 3. The fraction of sp³-hybridized carbons (Fsp3) is 0.750. The van der Waals surface area contributed by atoms with Crippen molar-refractivity contribution in [3.63, 3.8) is 0 Å². The molecule has 2 amide bonds. The molecule has 3 saturated heterocycles. The molecule has 3 heterocycles. The molecule has 41 heavy (non-hydrogen) atoms. The average Bonchev–Trinajstić information content (AvgIpc) is 2.81. The number of amides is 2. The second-order valence-electron chi connectivity index (χ2n) is 13.1. The Kier molecular flexibility index (Phi) is 9.35. The van der Waals surface area contributed by atoms with E-state index in [9.17, 15) is 21.6 Å². The lowest BCUT2D eigenvalue weighted by molar-refractivity contribution is -0.00521. The molecule has 0 saturated carbocycles. The van der Waals surface area contributed by atoms with Gasteiger partial charge >= 0.3 is 6.03 Å². The van der Waals surface area contributed by atoms with Crippen LogP contribution in [0.25, 0.3) is 0 Å². The second-order valence-corrected chi connectivity index (χ2v) is 17.9. The summed E-state index contributed by atoms with van der Waals surface area (Å²) in [7, 11) is -7.07. The van der Waals surface area contributed by atoms with Gasteiger partial charge in [-0.1, -0.05) is 0 Å². The largest absolute Gasteiger partial charge is 0.372 e. The lowest BCUT2D eigenvalue weighted by Crippen LogP contribution is -2.64. The number of carbonyl (C=O) groups excluding carboxylic acids is 1. The van der Waals surface area contributed by atoms with Gasteiger partial charge in [-0.2, -0.15) is 0 Å². The van der Waals surface area contributed by atoms with Crippen molar-refractivity contribution >= 4 is 37.5 Å². The van der Waals surface area contributed by atoms with Gasteiger partial charge in [-0.15, -0.1) is 0 Å². The number of carbonyl (C=O) groups is 1. The highest BCUT2D eigenvalue weighted by Crippen LogP contribution is 2.36. The van der Waals surface area contributed by atoms with Crippen LogP contribution in [0.2, 0.25) is 0 Å². The number of rotatable bonds is 7. The van der Waals surface area contributed by atoms with Crippen LogP contribution in [-0.2, 0) is 24.8 Å². The molecule has 3 aliphatic heterocycles. The summed E-state index contributed by atoms with van der Waals surface area (Å²) in [5.74, 6) is 0. The van der Waals surface area contributed by atoms with E-state index in [0.29, 0.717) is 31.4 Å². The van der Waals surface area contributed by atoms with Crippen LogP contribution in [0.3, 0.4) is 0 Å². The summed E-state index contributed by atoms with van der Waals surface area (Å²) in [5, 5.41) is 2.46. The van der Waals surface area contributed by atoms with Crippen LogP contribution in [-0.4, -0.2) is 87.2 Å². The van der Waals surface area contributed by atoms with E-state index >= 15 is 0 Å². The molecular weight excluding hydrogens is 566 g/mol. The normalized spacial score (nSPS) is 29.5. The third kappa shape index (κ3) is 7.54. The molecule has 0 aliphatic carbocycles. The van der Waals surface area contributed by atoms with E-state index in [-0.39, 0.29) is 42.4 Å². The van der Waals surface area contributed by atoms with E-state index in [2.05, 4.69) is 33.5 Å². The molecule has 13 heteroatoms. The molecule has 3 N–H and O–H groups in total. The monoisotopic (exact) mass is 613 g/mol. The maximum absolute atomic E-state index is 13.6. The molecule has 0 spiro atoms. The molecule has 0 radical (unpaired) electrons. The zero-order valence-corrected chi connectivity index (χ0v) is 26.9. The fourth-order valence-electron chi connectivity index (χ4n) is 6.07. The Bertz CT molecular complexity index is 1270. The second kappa shape index (κ2) is 12.0. The molecule has 4 atom stereocenters. The highest BCUT2D eigenvalue weighted by Gasteiger charge is 2.46. The predicted octanol–water partition coefficient (Wildman–Crippen LogP) is 3.24. The van der Waals surface area contributed by atoms with Gasteiger partial charge in [-0.05, 0) is 98.4 Å². The molecule has 1 aromatic rings. The number of benzene rings is 1. The molecule has 2 bridgehead atoms. The molecule has 3 aliphatic rings. The Morgan fingerprint density at radius 1 is 0.878 bits per heavy atom. The van der Waals surface area contributed by atoms with Crippen LogP contribution in [0, 0.1) is 0 Å². The van der Waals surface area contributed by atoms with E-state index < -0.39 is 30.0 Å². The number of urea groups is 1. The van der Waals surface area contributed by atoms with Crippen molar-refractivity contribution in [1.29, 1.82) is 0 Å². The van der Waals surface area contributed by atoms with E-state index in [4.69, 9.17) is 4.74 Å². The molecule has 232 valence electrons. The quantitative estimate of drug-likeness (QED) is 0.429. The predicted molar refractivity (Wildman–Crippen MR) is 162 cm³/mol. The number of anilines is 2. The third-order valence-electron chi connectivity index (χ3n) is 8.23. The zero-order chi connectivity index (χ0) is 30.3. The first kappa shape index (κ1) is 32.0. The van der Waals surface area contributed by atoms with Crippen LogP contribution < -0.4 is 19.7 Å². The maximum Gasteiger partial charge on any atom is 0.322 e. The smallest absolute Gasteiger partial charge is 0.322 e. The van der Waals surface area contributed by atoms with Gasteiger partial charge in [0.05, 0.1) is 22.2 Å². The van der Waals surface area contributed by atoms with Gasteiger partial charge in [0.15, 0.2) is 0 Å².